The first-order valence-corrected chi connectivity index (χ1v) is 5.07. The number of nitrogens with zero attached hydrogens (tertiary/aromatic N) is 1. The van der Waals surface area contributed by atoms with Gasteiger partial charge in [0.05, 0.1) is 6.54 Å². The third-order valence-corrected chi connectivity index (χ3v) is 2.44. The van der Waals surface area contributed by atoms with Crippen LogP contribution in [-0.2, 0) is 9.59 Å². The molecule has 1 rings (SSSR count). The lowest BCUT2D eigenvalue weighted by molar-refractivity contribution is -0.169. The predicted molar refractivity (Wildman–Crippen MR) is 49.8 cm³/mol. The van der Waals surface area contributed by atoms with Crippen LogP contribution in [0.5, 0.6) is 0 Å². The van der Waals surface area contributed by atoms with Crippen molar-refractivity contribution in [1.82, 2.24) is 10.2 Å². The third kappa shape index (κ3) is 3.31. The van der Waals surface area contributed by atoms with Gasteiger partial charge in [0.15, 0.2) is 0 Å². The van der Waals surface area contributed by atoms with Crippen LogP contribution in [0.25, 0.3) is 0 Å². The van der Waals surface area contributed by atoms with E-state index in [9.17, 15) is 27.2 Å². The Morgan fingerprint density at radius 3 is 2.24 bits per heavy atom. The molecule has 0 aromatic carbocycles. The molecule has 0 unspecified atom stereocenters. The number of alkyl halides is 4. The van der Waals surface area contributed by atoms with Crippen LogP contribution in [0.1, 0.15) is 12.8 Å². The van der Waals surface area contributed by atoms with E-state index in [2.05, 4.69) is 0 Å². The molecule has 1 saturated heterocycles. The number of carbonyl (C=O) groups is 2. The summed E-state index contributed by atoms with van der Waals surface area (Å²) in [6.07, 6.45) is -2.45. The smallest absolute Gasteiger partial charge is 0.342 e. The molecule has 0 atom stereocenters. The van der Waals surface area contributed by atoms with E-state index in [1.54, 1.807) is 0 Å². The Labute approximate surface area is 94.9 Å². The third-order valence-electron chi connectivity index (χ3n) is 2.44. The Balaban J connectivity index is 2.40. The Hall–Kier alpha value is -1.34. The highest BCUT2D eigenvalue weighted by Gasteiger charge is 2.48. The molecule has 2 amide bonds. The molecule has 0 aromatic heterocycles. The standard InChI is InChI=1S/C9H12F4N2O2/c10-7(11)9(12,13)8(17)14-5-6(16)15-3-1-2-4-15/h7H,1-5H2,(H,14,17). The van der Waals surface area contributed by atoms with Crippen molar-refractivity contribution >= 4 is 11.8 Å². The number of hydrogen-bond acceptors (Lipinski definition) is 2. The fourth-order valence-corrected chi connectivity index (χ4v) is 1.45. The van der Waals surface area contributed by atoms with E-state index >= 15 is 0 Å². The number of halogens is 4. The highest BCUT2D eigenvalue weighted by atomic mass is 19.3. The molecule has 0 saturated carbocycles. The Kier molecular flexibility index (Phi) is 4.30. The normalized spacial score (nSPS) is 16.4. The van der Waals surface area contributed by atoms with Gasteiger partial charge in [-0.25, -0.2) is 8.78 Å². The molecule has 1 N–H and O–H groups in total. The summed E-state index contributed by atoms with van der Waals surface area (Å²) in [5.41, 5.74) is 0. The topological polar surface area (TPSA) is 49.4 Å². The summed E-state index contributed by atoms with van der Waals surface area (Å²) in [6, 6.07) is 0. The highest BCUT2D eigenvalue weighted by molar-refractivity contribution is 5.88. The van der Waals surface area contributed by atoms with Gasteiger partial charge in [-0.15, -0.1) is 0 Å². The lowest BCUT2D eigenvalue weighted by atomic mass is 10.3. The van der Waals surface area contributed by atoms with E-state index in [0.29, 0.717) is 13.1 Å². The predicted octanol–water partition coefficient (Wildman–Crippen LogP) is 0.625. The van der Waals surface area contributed by atoms with Gasteiger partial charge in [0.25, 0.3) is 5.91 Å². The lowest BCUT2D eigenvalue weighted by Gasteiger charge is -2.18. The molecular formula is C9H12F4N2O2. The maximum Gasteiger partial charge on any atom is 0.383 e. The number of carbonyl (C=O) groups excluding carboxylic acids is 2. The first-order valence-electron chi connectivity index (χ1n) is 5.07. The fraction of sp³-hybridized carbons (Fsp3) is 0.778. The van der Waals surface area contributed by atoms with E-state index < -0.39 is 30.7 Å². The van der Waals surface area contributed by atoms with Crippen LogP contribution in [0.15, 0.2) is 0 Å². The summed E-state index contributed by atoms with van der Waals surface area (Å²) >= 11 is 0. The van der Waals surface area contributed by atoms with Gasteiger partial charge in [0.1, 0.15) is 0 Å². The first-order chi connectivity index (χ1) is 7.85. The van der Waals surface area contributed by atoms with Crippen molar-refractivity contribution in [3.63, 3.8) is 0 Å². The maximum absolute atomic E-state index is 12.5. The van der Waals surface area contributed by atoms with Crippen molar-refractivity contribution in [1.29, 1.82) is 0 Å². The molecule has 0 radical (unpaired) electrons. The number of nitrogens with one attached hydrogen (secondary N) is 1. The highest BCUT2D eigenvalue weighted by Crippen LogP contribution is 2.22. The van der Waals surface area contributed by atoms with Crippen molar-refractivity contribution in [3.8, 4) is 0 Å². The Bertz CT molecular complexity index is 303. The van der Waals surface area contributed by atoms with Gasteiger partial charge in [-0.1, -0.05) is 0 Å². The van der Waals surface area contributed by atoms with Gasteiger partial charge in [-0.05, 0) is 12.8 Å². The summed E-state index contributed by atoms with van der Waals surface area (Å²) in [5, 5.41) is 1.52. The average Bonchev–Trinajstić information content (AvgIpc) is 2.78. The molecule has 0 aromatic rings. The van der Waals surface area contributed by atoms with Crippen molar-refractivity contribution in [3.05, 3.63) is 0 Å². The Morgan fingerprint density at radius 1 is 1.24 bits per heavy atom. The van der Waals surface area contributed by atoms with Crippen LogP contribution in [0.2, 0.25) is 0 Å². The molecule has 17 heavy (non-hydrogen) atoms. The second kappa shape index (κ2) is 5.33. The number of likely N-dealkylation sites (tertiary alicyclic amines) is 1. The van der Waals surface area contributed by atoms with E-state index in [1.165, 1.54) is 10.2 Å². The van der Waals surface area contributed by atoms with Gasteiger partial charge in [-0.2, -0.15) is 8.78 Å². The first kappa shape index (κ1) is 13.7. The van der Waals surface area contributed by atoms with Crippen LogP contribution >= 0.6 is 0 Å². The molecule has 0 aliphatic carbocycles. The molecule has 98 valence electrons. The van der Waals surface area contributed by atoms with Gasteiger partial charge in [-0.3, -0.25) is 9.59 Å². The van der Waals surface area contributed by atoms with Crippen LogP contribution in [0, 0.1) is 0 Å². The summed E-state index contributed by atoms with van der Waals surface area (Å²) in [7, 11) is 0. The summed E-state index contributed by atoms with van der Waals surface area (Å²) < 4.78 is 48.5. The summed E-state index contributed by atoms with van der Waals surface area (Å²) in [6.45, 7) is 0.320. The van der Waals surface area contributed by atoms with Crippen LogP contribution in [-0.4, -0.2) is 48.7 Å². The molecule has 1 fully saturated rings. The lowest BCUT2D eigenvalue weighted by Crippen LogP contribution is -2.48. The molecule has 8 heteroatoms. The van der Waals surface area contributed by atoms with Crippen molar-refractivity contribution in [2.45, 2.75) is 25.2 Å². The second-order valence-electron chi connectivity index (χ2n) is 3.69. The quantitative estimate of drug-likeness (QED) is 0.750. The van der Waals surface area contributed by atoms with Gasteiger partial charge < -0.3 is 10.2 Å². The van der Waals surface area contributed by atoms with E-state index in [4.69, 9.17) is 0 Å². The van der Waals surface area contributed by atoms with Crippen molar-refractivity contribution in [2.24, 2.45) is 0 Å². The van der Waals surface area contributed by atoms with Crippen LogP contribution in [0.4, 0.5) is 17.6 Å². The largest absolute Gasteiger partial charge is 0.383 e. The van der Waals surface area contributed by atoms with E-state index in [-0.39, 0.29) is 0 Å². The average molecular weight is 256 g/mol. The van der Waals surface area contributed by atoms with Crippen molar-refractivity contribution < 1.29 is 27.2 Å². The molecule has 1 heterocycles. The zero-order chi connectivity index (χ0) is 13.1. The van der Waals surface area contributed by atoms with Gasteiger partial charge in [0.2, 0.25) is 5.91 Å². The molecule has 0 spiro atoms. The van der Waals surface area contributed by atoms with Gasteiger partial charge >= 0.3 is 12.3 Å². The Morgan fingerprint density at radius 2 is 1.76 bits per heavy atom. The maximum atomic E-state index is 12.5. The SMILES string of the molecule is O=C(CNC(=O)C(F)(F)C(F)F)N1CCCC1. The minimum absolute atomic E-state index is 0.500. The molecule has 1 aliphatic heterocycles. The monoisotopic (exact) mass is 256 g/mol. The minimum atomic E-state index is -4.76. The van der Waals surface area contributed by atoms with E-state index in [1.807, 2.05) is 0 Å². The van der Waals surface area contributed by atoms with Crippen LogP contribution in [0.3, 0.4) is 0 Å². The zero-order valence-corrected chi connectivity index (χ0v) is 8.89. The number of rotatable bonds is 4. The summed E-state index contributed by atoms with van der Waals surface area (Å²) in [4.78, 5) is 23.4. The number of hydrogen-bond donors (Lipinski definition) is 1. The fourth-order valence-electron chi connectivity index (χ4n) is 1.45. The second-order valence-corrected chi connectivity index (χ2v) is 3.69. The molecule has 0 bridgehead atoms. The molecule has 4 nitrogen and oxygen atoms in total. The van der Waals surface area contributed by atoms with Crippen LogP contribution < -0.4 is 5.32 Å². The molecular weight excluding hydrogens is 244 g/mol. The number of amides is 2. The minimum Gasteiger partial charge on any atom is -0.342 e. The van der Waals surface area contributed by atoms with Gasteiger partial charge in [0, 0.05) is 13.1 Å². The van der Waals surface area contributed by atoms with Crippen molar-refractivity contribution in [2.75, 3.05) is 19.6 Å². The molecule has 1 aliphatic rings. The van der Waals surface area contributed by atoms with E-state index in [0.717, 1.165) is 12.8 Å². The summed E-state index contributed by atoms with van der Waals surface area (Å²) in [5.74, 6) is -7.42. The zero-order valence-electron chi connectivity index (χ0n) is 8.89.